The molecule has 0 heterocycles. The molecule has 16 heavy (non-hydrogen) atoms. The maximum atomic E-state index is 12.6. The third kappa shape index (κ3) is 3.98. The standard InChI is InChI=1S/C12H15FO3/c1-2-7-16-12(15)8-11(14)9-3-5-10(13)6-4-9/h3-6,11,14H,2,7-8H2,1H3/t11-/m0/s1. The number of esters is 1. The van der Waals surface area contributed by atoms with Crippen molar-refractivity contribution in [1.29, 1.82) is 0 Å². The van der Waals surface area contributed by atoms with E-state index in [-0.39, 0.29) is 12.2 Å². The molecule has 0 amide bonds. The van der Waals surface area contributed by atoms with Gasteiger partial charge in [0.15, 0.2) is 0 Å². The molecule has 88 valence electrons. The Hall–Kier alpha value is -1.42. The Kier molecular flexibility index (Phi) is 4.92. The van der Waals surface area contributed by atoms with Gasteiger partial charge in [-0.3, -0.25) is 4.79 Å². The topological polar surface area (TPSA) is 46.5 Å². The first-order chi connectivity index (χ1) is 7.63. The first-order valence-electron chi connectivity index (χ1n) is 5.22. The van der Waals surface area contributed by atoms with Gasteiger partial charge in [-0.2, -0.15) is 0 Å². The highest BCUT2D eigenvalue weighted by Crippen LogP contribution is 2.17. The van der Waals surface area contributed by atoms with Crippen LogP contribution in [-0.4, -0.2) is 17.7 Å². The van der Waals surface area contributed by atoms with Gasteiger partial charge in [0.1, 0.15) is 5.82 Å². The number of hydrogen-bond acceptors (Lipinski definition) is 3. The fraction of sp³-hybridized carbons (Fsp3) is 0.417. The van der Waals surface area contributed by atoms with Crippen molar-refractivity contribution in [2.24, 2.45) is 0 Å². The normalized spacial score (nSPS) is 12.2. The van der Waals surface area contributed by atoms with Crippen molar-refractivity contribution in [3.8, 4) is 0 Å². The summed E-state index contributed by atoms with van der Waals surface area (Å²) in [6.07, 6.45) is -0.297. The predicted molar refractivity (Wildman–Crippen MR) is 57.2 cm³/mol. The summed E-state index contributed by atoms with van der Waals surface area (Å²) < 4.78 is 17.4. The van der Waals surface area contributed by atoms with E-state index in [0.717, 1.165) is 6.42 Å². The molecule has 0 aliphatic rings. The zero-order chi connectivity index (χ0) is 12.0. The first-order valence-corrected chi connectivity index (χ1v) is 5.22. The Balaban J connectivity index is 2.48. The second kappa shape index (κ2) is 6.23. The maximum Gasteiger partial charge on any atom is 0.308 e. The van der Waals surface area contributed by atoms with Crippen LogP contribution in [0.2, 0.25) is 0 Å². The number of halogens is 1. The van der Waals surface area contributed by atoms with Gasteiger partial charge in [-0.1, -0.05) is 19.1 Å². The minimum absolute atomic E-state index is 0.106. The molecule has 3 nitrogen and oxygen atoms in total. The van der Waals surface area contributed by atoms with Gasteiger partial charge >= 0.3 is 5.97 Å². The number of hydrogen-bond donors (Lipinski definition) is 1. The Labute approximate surface area is 93.9 Å². The number of rotatable bonds is 5. The highest BCUT2D eigenvalue weighted by atomic mass is 19.1. The van der Waals surface area contributed by atoms with Gasteiger partial charge in [0.25, 0.3) is 0 Å². The highest BCUT2D eigenvalue weighted by Gasteiger charge is 2.13. The molecule has 0 spiro atoms. The quantitative estimate of drug-likeness (QED) is 0.783. The second-order valence-corrected chi connectivity index (χ2v) is 3.49. The summed E-state index contributed by atoms with van der Waals surface area (Å²) >= 11 is 0. The van der Waals surface area contributed by atoms with Gasteiger partial charge in [-0.25, -0.2) is 4.39 Å². The average Bonchev–Trinajstić information content (AvgIpc) is 2.27. The summed E-state index contributed by atoms with van der Waals surface area (Å²) in [7, 11) is 0. The summed E-state index contributed by atoms with van der Waals surface area (Å²) in [4.78, 5) is 11.2. The molecule has 0 fully saturated rings. The van der Waals surface area contributed by atoms with E-state index in [1.165, 1.54) is 24.3 Å². The third-order valence-corrected chi connectivity index (χ3v) is 2.08. The largest absolute Gasteiger partial charge is 0.466 e. The molecule has 0 saturated carbocycles. The molecule has 1 aromatic carbocycles. The average molecular weight is 226 g/mol. The smallest absolute Gasteiger partial charge is 0.308 e. The zero-order valence-corrected chi connectivity index (χ0v) is 9.15. The fourth-order valence-corrected chi connectivity index (χ4v) is 1.24. The zero-order valence-electron chi connectivity index (χ0n) is 9.15. The van der Waals surface area contributed by atoms with Gasteiger partial charge in [0, 0.05) is 0 Å². The van der Waals surface area contributed by atoms with Crippen molar-refractivity contribution in [3.63, 3.8) is 0 Å². The van der Waals surface area contributed by atoms with E-state index in [1.807, 2.05) is 6.92 Å². The van der Waals surface area contributed by atoms with E-state index >= 15 is 0 Å². The monoisotopic (exact) mass is 226 g/mol. The summed E-state index contributed by atoms with van der Waals surface area (Å²) in [5.74, 6) is -0.816. The molecule has 0 saturated heterocycles. The van der Waals surface area contributed by atoms with Crippen molar-refractivity contribution in [2.45, 2.75) is 25.9 Å². The Morgan fingerprint density at radius 1 is 1.44 bits per heavy atom. The SMILES string of the molecule is CCCOC(=O)C[C@H](O)c1ccc(F)cc1. The van der Waals surface area contributed by atoms with Crippen LogP contribution in [0.5, 0.6) is 0 Å². The van der Waals surface area contributed by atoms with Crippen LogP contribution in [-0.2, 0) is 9.53 Å². The van der Waals surface area contributed by atoms with E-state index < -0.39 is 12.1 Å². The van der Waals surface area contributed by atoms with Crippen LogP contribution < -0.4 is 0 Å². The van der Waals surface area contributed by atoms with Crippen LogP contribution in [0, 0.1) is 5.82 Å². The van der Waals surface area contributed by atoms with Crippen LogP contribution in [0.15, 0.2) is 24.3 Å². The summed E-state index contributed by atoms with van der Waals surface area (Å²) in [6.45, 7) is 2.25. The van der Waals surface area contributed by atoms with E-state index in [2.05, 4.69) is 0 Å². The minimum atomic E-state index is -0.940. The maximum absolute atomic E-state index is 12.6. The molecular formula is C12H15FO3. The summed E-state index contributed by atoms with van der Waals surface area (Å²) in [5, 5.41) is 9.66. The van der Waals surface area contributed by atoms with Crippen LogP contribution in [0.25, 0.3) is 0 Å². The lowest BCUT2D eigenvalue weighted by atomic mass is 10.1. The number of ether oxygens (including phenoxy) is 1. The second-order valence-electron chi connectivity index (χ2n) is 3.49. The van der Waals surface area contributed by atoms with Crippen LogP contribution >= 0.6 is 0 Å². The van der Waals surface area contributed by atoms with Crippen molar-refractivity contribution >= 4 is 5.97 Å². The molecule has 0 aliphatic carbocycles. The Bertz CT molecular complexity index is 335. The lowest BCUT2D eigenvalue weighted by Crippen LogP contribution is -2.10. The molecule has 0 unspecified atom stereocenters. The molecule has 1 N–H and O–H groups in total. The predicted octanol–water partition coefficient (Wildman–Crippen LogP) is 2.20. The van der Waals surface area contributed by atoms with Crippen LogP contribution in [0.1, 0.15) is 31.4 Å². The van der Waals surface area contributed by atoms with Crippen LogP contribution in [0.4, 0.5) is 4.39 Å². The Morgan fingerprint density at radius 2 is 2.06 bits per heavy atom. The lowest BCUT2D eigenvalue weighted by Gasteiger charge is -2.10. The molecule has 0 aromatic heterocycles. The number of carbonyl (C=O) groups excluding carboxylic acids is 1. The van der Waals surface area contributed by atoms with E-state index in [1.54, 1.807) is 0 Å². The molecular weight excluding hydrogens is 211 g/mol. The number of carbonyl (C=O) groups is 1. The van der Waals surface area contributed by atoms with Gasteiger partial charge in [0.05, 0.1) is 19.1 Å². The minimum Gasteiger partial charge on any atom is -0.466 e. The van der Waals surface area contributed by atoms with Gasteiger partial charge in [0.2, 0.25) is 0 Å². The van der Waals surface area contributed by atoms with Crippen molar-refractivity contribution in [2.75, 3.05) is 6.61 Å². The van der Waals surface area contributed by atoms with E-state index in [0.29, 0.717) is 12.2 Å². The van der Waals surface area contributed by atoms with Crippen molar-refractivity contribution in [3.05, 3.63) is 35.6 Å². The Morgan fingerprint density at radius 3 is 2.62 bits per heavy atom. The van der Waals surface area contributed by atoms with Gasteiger partial charge in [-0.15, -0.1) is 0 Å². The van der Waals surface area contributed by atoms with Gasteiger partial charge in [-0.05, 0) is 24.1 Å². The molecule has 1 aromatic rings. The summed E-state index contributed by atoms with van der Waals surface area (Å²) in [6, 6.07) is 5.39. The van der Waals surface area contributed by atoms with Crippen molar-refractivity contribution in [1.82, 2.24) is 0 Å². The number of aliphatic hydroxyl groups excluding tert-OH is 1. The van der Waals surface area contributed by atoms with Gasteiger partial charge < -0.3 is 9.84 Å². The highest BCUT2D eigenvalue weighted by molar-refractivity contribution is 5.70. The first kappa shape index (κ1) is 12.6. The molecule has 0 bridgehead atoms. The molecule has 4 heteroatoms. The molecule has 0 aliphatic heterocycles. The molecule has 0 radical (unpaired) electrons. The van der Waals surface area contributed by atoms with Crippen LogP contribution in [0.3, 0.4) is 0 Å². The third-order valence-electron chi connectivity index (χ3n) is 2.08. The summed E-state index contributed by atoms with van der Waals surface area (Å²) in [5.41, 5.74) is 0.509. The van der Waals surface area contributed by atoms with Crippen molar-refractivity contribution < 1.29 is 19.0 Å². The lowest BCUT2D eigenvalue weighted by molar-refractivity contribution is -0.146. The molecule has 1 atom stereocenters. The number of benzene rings is 1. The van der Waals surface area contributed by atoms with E-state index in [9.17, 15) is 14.3 Å². The molecule has 1 rings (SSSR count). The van der Waals surface area contributed by atoms with E-state index in [4.69, 9.17) is 4.74 Å². The number of aliphatic hydroxyl groups is 1. The fourth-order valence-electron chi connectivity index (χ4n) is 1.24.